The van der Waals surface area contributed by atoms with Crippen LogP contribution < -0.4 is 0 Å². The number of carbonyl (C=O) groups excluding carboxylic acids is 1. The van der Waals surface area contributed by atoms with Crippen LogP contribution in [0.5, 0.6) is 0 Å². The lowest BCUT2D eigenvalue weighted by Gasteiger charge is -2.36. The number of hydrogen-bond acceptors (Lipinski definition) is 4. The van der Waals surface area contributed by atoms with Gasteiger partial charge in [0.05, 0.1) is 11.7 Å². The molecule has 1 saturated heterocycles. The smallest absolute Gasteiger partial charge is 0.303 e. The Balaban J connectivity index is 2.33. The minimum atomic E-state index is -0.890. The lowest BCUT2D eigenvalue weighted by Crippen LogP contribution is -2.46. The molecule has 2 aliphatic rings. The molecular weight excluding hydrogens is 328 g/mol. The molecule has 1 N–H and O–H groups in total. The van der Waals surface area contributed by atoms with Crippen LogP contribution in [0, 0.1) is 5.92 Å². The Morgan fingerprint density at radius 3 is 2.54 bits per heavy atom. The predicted molar refractivity (Wildman–Crippen MR) is 104 cm³/mol. The van der Waals surface area contributed by atoms with Gasteiger partial charge in [-0.05, 0) is 65.2 Å². The van der Waals surface area contributed by atoms with Gasteiger partial charge in [-0.3, -0.25) is 4.79 Å². The van der Waals surface area contributed by atoms with E-state index in [0.29, 0.717) is 12.3 Å². The fourth-order valence-corrected chi connectivity index (χ4v) is 4.04. The fraction of sp³-hybridized carbons (Fsp3) is 0.773. The van der Waals surface area contributed by atoms with E-state index in [-0.39, 0.29) is 18.2 Å². The average Bonchev–Trinajstić information content (AvgIpc) is 2.94. The van der Waals surface area contributed by atoms with Crippen molar-refractivity contribution in [2.75, 3.05) is 0 Å². The van der Waals surface area contributed by atoms with E-state index < -0.39 is 11.2 Å². The van der Waals surface area contributed by atoms with Gasteiger partial charge in [0, 0.05) is 6.92 Å². The van der Waals surface area contributed by atoms with Crippen molar-refractivity contribution >= 4 is 5.97 Å². The molecule has 0 amide bonds. The first-order valence-corrected chi connectivity index (χ1v) is 9.97. The summed E-state index contributed by atoms with van der Waals surface area (Å²) >= 11 is 0. The van der Waals surface area contributed by atoms with Gasteiger partial charge < -0.3 is 14.6 Å². The third-order valence-electron chi connectivity index (χ3n) is 6.04. The highest BCUT2D eigenvalue weighted by Crippen LogP contribution is 2.42. The lowest BCUT2D eigenvalue weighted by atomic mass is 9.85. The van der Waals surface area contributed by atoms with Crippen molar-refractivity contribution < 1.29 is 19.4 Å². The van der Waals surface area contributed by atoms with Gasteiger partial charge in [0.2, 0.25) is 0 Å². The van der Waals surface area contributed by atoms with Crippen molar-refractivity contribution in [3.63, 3.8) is 0 Å². The van der Waals surface area contributed by atoms with Gasteiger partial charge in [0.15, 0.2) is 0 Å². The first-order chi connectivity index (χ1) is 12.0. The van der Waals surface area contributed by atoms with E-state index in [4.69, 9.17) is 9.47 Å². The molecule has 4 nitrogen and oxygen atoms in total. The van der Waals surface area contributed by atoms with Crippen molar-refractivity contribution in [2.24, 2.45) is 5.92 Å². The first kappa shape index (κ1) is 21.2. The number of esters is 1. The topological polar surface area (TPSA) is 55.8 Å². The maximum absolute atomic E-state index is 11.6. The molecule has 0 aliphatic carbocycles. The van der Waals surface area contributed by atoms with Crippen molar-refractivity contribution in [3.05, 3.63) is 23.3 Å². The summed E-state index contributed by atoms with van der Waals surface area (Å²) in [7, 11) is 0. The fourth-order valence-electron chi connectivity index (χ4n) is 4.04. The molecule has 0 aromatic carbocycles. The van der Waals surface area contributed by atoms with E-state index in [1.54, 1.807) is 0 Å². The molecule has 0 radical (unpaired) electrons. The molecule has 0 unspecified atom stereocenters. The molecule has 0 aromatic heterocycles. The van der Waals surface area contributed by atoms with Gasteiger partial charge in [0.1, 0.15) is 11.7 Å². The zero-order valence-electron chi connectivity index (χ0n) is 17.3. The zero-order chi connectivity index (χ0) is 19.5. The minimum absolute atomic E-state index is 0.228. The number of aliphatic hydroxyl groups is 1. The van der Waals surface area contributed by atoms with E-state index in [0.717, 1.165) is 32.1 Å². The van der Waals surface area contributed by atoms with Gasteiger partial charge in [-0.15, -0.1) is 0 Å². The van der Waals surface area contributed by atoms with Crippen molar-refractivity contribution in [1.29, 1.82) is 0 Å². The van der Waals surface area contributed by atoms with Crippen LogP contribution in [0.4, 0.5) is 0 Å². The van der Waals surface area contributed by atoms with E-state index >= 15 is 0 Å². The summed E-state index contributed by atoms with van der Waals surface area (Å²) in [5, 5.41) is 11.1. The second kappa shape index (κ2) is 8.26. The Labute approximate surface area is 158 Å². The molecular formula is C22H36O4. The Hall–Kier alpha value is -1.13. The Morgan fingerprint density at radius 2 is 1.92 bits per heavy atom. The molecule has 26 heavy (non-hydrogen) atoms. The van der Waals surface area contributed by atoms with Crippen LogP contribution in [0.15, 0.2) is 23.3 Å². The highest BCUT2D eigenvalue weighted by Gasteiger charge is 2.49. The number of hydrogen-bond donors (Lipinski definition) is 1. The molecule has 148 valence electrons. The number of allylic oxidation sites excluding steroid dienone is 4. The van der Waals surface area contributed by atoms with Crippen LogP contribution in [0.2, 0.25) is 0 Å². The molecule has 0 saturated carbocycles. The Morgan fingerprint density at radius 1 is 1.23 bits per heavy atom. The Kier molecular flexibility index (Phi) is 6.73. The Bertz CT molecular complexity index is 573. The molecule has 0 spiro atoms. The van der Waals surface area contributed by atoms with Crippen LogP contribution >= 0.6 is 0 Å². The van der Waals surface area contributed by atoms with E-state index in [9.17, 15) is 9.90 Å². The van der Waals surface area contributed by atoms with Gasteiger partial charge in [-0.25, -0.2) is 0 Å². The summed E-state index contributed by atoms with van der Waals surface area (Å²) < 4.78 is 12.0. The summed E-state index contributed by atoms with van der Waals surface area (Å²) in [6, 6.07) is 0. The standard InChI is InChI=1S/C22H36O4/c1-15(2)18-9-7-16(3)8-10-20(25-17(4)23)22(6)14-12-19(26-22)21(5,24)13-11-18/h7,9,15,19-20,24H,8,10-14H2,1-6H3/b16-7+,18-9+/t19-,20-,21+,22+/m1/s1. The molecule has 2 rings (SSSR count). The summed E-state index contributed by atoms with van der Waals surface area (Å²) in [5.74, 6) is 0.173. The summed E-state index contributed by atoms with van der Waals surface area (Å²) in [6.45, 7) is 11.9. The molecule has 0 aromatic rings. The third kappa shape index (κ3) is 5.20. The predicted octanol–water partition coefficient (Wildman–Crippen LogP) is 4.71. The van der Waals surface area contributed by atoms with Crippen LogP contribution in [0.3, 0.4) is 0 Å². The van der Waals surface area contributed by atoms with Crippen molar-refractivity contribution in [3.8, 4) is 0 Å². The molecule has 4 atom stereocenters. The largest absolute Gasteiger partial charge is 0.459 e. The van der Waals surface area contributed by atoms with Gasteiger partial charge in [-0.2, -0.15) is 0 Å². The zero-order valence-corrected chi connectivity index (χ0v) is 17.3. The lowest BCUT2D eigenvalue weighted by molar-refractivity contribution is -0.183. The van der Waals surface area contributed by atoms with E-state index in [1.165, 1.54) is 18.1 Å². The second-order valence-electron chi connectivity index (χ2n) is 8.86. The highest BCUT2D eigenvalue weighted by molar-refractivity contribution is 5.66. The summed E-state index contributed by atoms with van der Waals surface area (Å²) in [6.07, 6.45) is 8.56. The minimum Gasteiger partial charge on any atom is -0.459 e. The van der Waals surface area contributed by atoms with Crippen LogP contribution in [0.1, 0.15) is 80.1 Å². The number of ether oxygens (including phenoxy) is 2. The maximum Gasteiger partial charge on any atom is 0.303 e. The second-order valence-corrected chi connectivity index (χ2v) is 8.86. The summed E-state index contributed by atoms with van der Waals surface area (Å²) in [5.41, 5.74) is 1.19. The van der Waals surface area contributed by atoms with Crippen molar-refractivity contribution in [2.45, 2.75) is 103 Å². The SMILES string of the molecule is CC(=O)O[C@@H]1CC/C(C)=C/C=C(/C(C)C)CC[C@](C)(O)[C@H]2CC[C@]1(C)O2. The van der Waals surface area contributed by atoms with Gasteiger partial charge in [-0.1, -0.05) is 37.1 Å². The van der Waals surface area contributed by atoms with Crippen LogP contribution in [-0.2, 0) is 14.3 Å². The molecule has 2 bridgehead atoms. The maximum atomic E-state index is 11.6. The van der Waals surface area contributed by atoms with Gasteiger partial charge in [0.25, 0.3) is 0 Å². The third-order valence-corrected chi connectivity index (χ3v) is 6.04. The van der Waals surface area contributed by atoms with Gasteiger partial charge >= 0.3 is 5.97 Å². The summed E-state index contributed by atoms with van der Waals surface area (Å²) in [4.78, 5) is 11.6. The average molecular weight is 365 g/mol. The van der Waals surface area contributed by atoms with Crippen LogP contribution in [0.25, 0.3) is 0 Å². The molecule has 4 heteroatoms. The van der Waals surface area contributed by atoms with Crippen molar-refractivity contribution in [1.82, 2.24) is 0 Å². The van der Waals surface area contributed by atoms with E-state index in [1.807, 2.05) is 13.8 Å². The molecule has 2 heterocycles. The number of fused-ring (bicyclic) bond motifs is 2. The number of rotatable bonds is 2. The number of carbonyl (C=O) groups is 1. The molecule has 2 aliphatic heterocycles. The van der Waals surface area contributed by atoms with E-state index in [2.05, 4.69) is 32.9 Å². The highest BCUT2D eigenvalue weighted by atomic mass is 16.6. The quantitative estimate of drug-likeness (QED) is 0.721. The monoisotopic (exact) mass is 364 g/mol. The first-order valence-electron chi connectivity index (χ1n) is 9.97. The molecule has 1 fully saturated rings. The van der Waals surface area contributed by atoms with Crippen LogP contribution in [-0.4, -0.2) is 34.5 Å². The normalized spacial score (nSPS) is 40.5.